The van der Waals surface area contributed by atoms with Gasteiger partial charge in [-0.3, -0.25) is 0 Å². The van der Waals surface area contributed by atoms with Crippen LogP contribution < -0.4 is 5.32 Å². The van der Waals surface area contributed by atoms with Crippen LogP contribution in [0.3, 0.4) is 0 Å². The molecule has 0 saturated heterocycles. The van der Waals surface area contributed by atoms with Crippen molar-refractivity contribution in [1.82, 2.24) is 5.32 Å². The summed E-state index contributed by atoms with van der Waals surface area (Å²) < 4.78 is 13.6. The van der Waals surface area contributed by atoms with Crippen molar-refractivity contribution in [2.24, 2.45) is 17.8 Å². The lowest BCUT2D eigenvalue weighted by Crippen LogP contribution is -2.31. The van der Waals surface area contributed by atoms with E-state index >= 15 is 0 Å². The molecule has 0 radical (unpaired) electrons. The zero-order chi connectivity index (χ0) is 14.0. The monoisotopic (exact) mass is 263 g/mol. The average Bonchev–Trinajstić information content (AvgIpc) is 2.33. The molecular weight excluding hydrogens is 237 g/mol. The molecule has 2 heteroatoms. The van der Waals surface area contributed by atoms with Gasteiger partial charge in [0.05, 0.1) is 0 Å². The number of aryl methyl sites for hydroxylation is 1. The summed E-state index contributed by atoms with van der Waals surface area (Å²) in [6, 6.07) is 5.69. The highest BCUT2D eigenvalue weighted by Gasteiger charge is 2.30. The maximum atomic E-state index is 13.6. The van der Waals surface area contributed by atoms with Crippen molar-refractivity contribution in [2.45, 2.75) is 46.1 Å². The minimum Gasteiger partial charge on any atom is -0.313 e. The fourth-order valence-electron chi connectivity index (χ4n) is 3.51. The summed E-state index contributed by atoms with van der Waals surface area (Å²) in [6.07, 6.45) is 3.77. The van der Waals surface area contributed by atoms with E-state index in [2.05, 4.69) is 25.2 Å². The Bertz CT molecular complexity index is 409. The minimum atomic E-state index is -0.118. The van der Waals surface area contributed by atoms with Crippen LogP contribution >= 0.6 is 0 Å². The molecule has 1 N–H and O–H groups in total. The maximum Gasteiger partial charge on any atom is 0.123 e. The Hall–Kier alpha value is -0.890. The third-order valence-electron chi connectivity index (χ3n) is 4.84. The third kappa shape index (κ3) is 3.36. The van der Waals surface area contributed by atoms with Gasteiger partial charge in [-0.15, -0.1) is 0 Å². The first-order valence-corrected chi connectivity index (χ1v) is 7.45. The summed E-state index contributed by atoms with van der Waals surface area (Å²) in [5, 5.41) is 3.41. The summed E-state index contributed by atoms with van der Waals surface area (Å²) in [7, 11) is 1.99. The van der Waals surface area contributed by atoms with Gasteiger partial charge < -0.3 is 5.32 Å². The second-order valence-electron chi connectivity index (χ2n) is 6.36. The van der Waals surface area contributed by atoms with Crippen LogP contribution in [-0.2, 0) is 0 Å². The van der Waals surface area contributed by atoms with E-state index in [1.807, 2.05) is 14.0 Å². The van der Waals surface area contributed by atoms with E-state index in [1.54, 1.807) is 12.1 Å². The van der Waals surface area contributed by atoms with E-state index in [0.717, 1.165) is 23.0 Å². The van der Waals surface area contributed by atoms with Crippen molar-refractivity contribution in [3.05, 3.63) is 35.1 Å². The summed E-state index contributed by atoms with van der Waals surface area (Å²) in [6.45, 7) is 6.66. The Morgan fingerprint density at radius 1 is 1.16 bits per heavy atom. The first-order valence-electron chi connectivity index (χ1n) is 7.45. The predicted molar refractivity (Wildman–Crippen MR) is 78.6 cm³/mol. The molecule has 0 aliphatic heterocycles. The van der Waals surface area contributed by atoms with Gasteiger partial charge in [-0.25, -0.2) is 4.39 Å². The second-order valence-corrected chi connectivity index (χ2v) is 6.36. The van der Waals surface area contributed by atoms with Gasteiger partial charge in [0.2, 0.25) is 0 Å². The Morgan fingerprint density at radius 2 is 1.89 bits per heavy atom. The van der Waals surface area contributed by atoms with Gasteiger partial charge in [-0.2, -0.15) is 0 Å². The molecule has 4 atom stereocenters. The highest BCUT2D eigenvalue weighted by atomic mass is 19.1. The summed E-state index contributed by atoms with van der Waals surface area (Å²) in [5.41, 5.74) is 2.11. The molecule has 1 aliphatic rings. The van der Waals surface area contributed by atoms with Gasteiger partial charge >= 0.3 is 0 Å². The Morgan fingerprint density at radius 3 is 2.47 bits per heavy atom. The smallest absolute Gasteiger partial charge is 0.123 e. The minimum absolute atomic E-state index is 0.118. The van der Waals surface area contributed by atoms with Crippen LogP contribution in [0.1, 0.15) is 50.3 Å². The van der Waals surface area contributed by atoms with Crippen molar-refractivity contribution in [3.8, 4) is 0 Å². The van der Waals surface area contributed by atoms with E-state index < -0.39 is 0 Å². The molecule has 1 saturated carbocycles. The van der Waals surface area contributed by atoms with Gasteiger partial charge in [0, 0.05) is 6.04 Å². The quantitative estimate of drug-likeness (QED) is 0.848. The fraction of sp³-hybridized carbons (Fsp3) is 0.647. The molecule has 1 nitrogen and oxygen atoms in total. The lowest BCUT2D eigenvalue weighted by atomic mass is 9.72. The molecule has 1 aromatic rings. The number of rotatable bonds is 3. The summed E-state index contributed by atoms with van der Waals surface area (Å²) in [5.74, 6) is 2.09. The molecule has 0 heterocycles. The van der Waals surface area contributed by atoms with Crippen LogP contribution in [0.25, 0.3) is 0 Å². The van der Waals surface area contributed by atoms with Crippen LogP contribution in [0.4, 0.5) is 4.39 Å². The fourth-order valence-corrected chi connectivity index (χ4v) is 3.51. The van der Waals surface area contributed by atoms with Crippen LogP contribution in [-0.4, -0.2) is 7.05 Å². The molecule has 1 fully saturated rings. The SMILES string of the molecule is CNC(c1cc(C)cc(F)c1)C1CCC(C)C(C)C1. The number of nitrogens with one attached hydrogen (secondary N) is 1. The third-order valence-corrected chi connectivity index (χ3v) is 4.84. The lowest BCUT2D eigenvalue weighted by Gasteiger charge is -2.37. The van der Waals surface area contributed by atoms with Crippen LogP contribution in [0, 0.1) is 30.5 Å². The van der Waals surface area contributed by atoms with Gasteiger partial charge in [0.25, 0.3) is 0 Å². The van der Waals surface area contributed by atoms with Crippen LogP contribution in [0.15, 0.2) is 18.2 Å². The molecule has 106 valence electrons. The molecule has 19 heavy (non-hydrogen) atoms. The molecule has 0 aromatic heterocycles. The summed E-state index contributed by atoms with van der Waals surface area (Å²) >= 11 is 0. The van der Waals surface area contributed by atoms with E-state index in [4.69, 9.17) is 0 Å². The number of halogens is 1. The van der Waals surface area contributed by atoms with Crippen LogP contribution in [0.2, 0.25) is 0 Å². The molecule has 1 aliphatic carbocycles. The van der Waals surface area contributed by atoms with Crippen molar-refractivity contribution in [1.29, 1.82) is 0 Å². The van der Waals surface area contributed by atoms with Crippen molar-refractivity contribution in [2.75, 3.05) is 7.05 Å². The van der Waals surface area contributed by atoms with Gasteiger partial charge in [0.15, 0.2) is 0 Å². The molecule has 2 rings (SSSR count). The number of benzene rings is 1. The van der Waals surface area contributed by atoms with Crippen molar-refractivity contribution >= 4 is 0 Å². The second kappa shape index (κ2) is 6.04. The van der Waals surface area contributed by atoms with Crippen LogP contribution in [0.5, 0.6) is 0 Å². The molecule has 0 bridgehead atoms. The number of hydrogen-bond acceptors (Lipinski definition) is 1. The Kier molecular flexibility index (Phi) is 4.62. The first kappa shape index (κ1) is 14.5. The first-order chi connectivity index (χ1) is 9.01. The van der Waals surface area contributed by atoms with Gasteiger partial charge in [0.1, 0.15) is 5.82 Å². The number of hydrogen-bond donors (Lipinski definition) is 1. The molecule has 4 unspecified atom stereocenters. The van der Waals surface area contributed by atoms with Crippen molar-refractivity contribution < 1.29 is 4.39 Å². The standard InChI is InChI=1S/C17H26FN/c1-11-7-15(10-16(18)8-11)17(19-4)14-6-5-12(2)13(3)9-14/h7-8,10,12-14,17,19H,5-6,9H2,1-4H3. The zero-order valence-corrected chi connectivity index (χ0v) is 12.5. The van der Waals surface area contributed by atoms with Crippen molar-refractivity contribution in [3.63, 3.8) is 0 Å². The lowest BCUT2D eigenvalue weighted by molar-refractivity contribution is 0.174. The molecule has 1 aromatic carbocycles. The van der Waals surface area contributed by atoms with E-state index in [1.165, 1.54) is 19.3 Å². The summed E-state index contributed by atoms with van der Waals surface area (Å²) in [4.78, 5) is 0. The Balaban J connectivity index is 2.19. The van der Waals surface area contributed by atoms with Gasteiger partial charge in [-0.1, -0.05) is 26.3 Å². The van der Waals surface area contributed by atoms with E-state index in [-0.39, 0.29) is 11.9 Å². The largest absolute Gasteiger partial charge is 0.313 e. The highest BCUT2D eigenvalue weighted by molar-refractivity contribution is 5.27. The topological polar surface area (TPSA) is 12.0 Å². The van der Waals surface area contributed by atoms with E-state index in [9.17, 15) is 4.39 Å². The average molecular weight is 263 g/mol. The van der Waals surface area contributed by atoms with Gasteiger partial charge in [-0.05, 0) is 67.8 Å². The molecule has 0 amide bonds. The highest BCUT2D eigenvalue weighted by Crippen LogP contribution is 2.39. The zero-order valence-electron chi connectivity index (χ0n) is 12.5. The van der Waals surface area contributed by atoms with E-state index in [0.29, 0.717) is 5.92 Å². The molecule has 0 spiro atoms. The molecular formula is C17H26FN. The predicted octanol–water partition coefficient (Wildman–Crippen LogP) is 4.47. The maximum absolute atomic E-state index is 13.6. The normalized spacial score (nSPS) is 29.2. The Labute approximate surface area is 116 Å².